The lowest BCUT2D eigenvalue weighted by Crippen LogP contribution is -2.62. The predicted molar refractivity (Wildman–Crippen MR) is 116 cm³/mol. The monoisotopic (exact) mass is 421 g/mol. The summed E-state index contributed by atoms with van der Waals surface area (Å²) in [6.07, 6.45) is 7.34. The van der Waals surface area contributed by atoms with Gasteiger partial charge in [-0.1, -0.05) is 25.0 Å². The van der Waals surface area contributed by atoms with Crippen molar-refractivity contribution >= 4 is 29.2 Å². The third-order valence-electron chi connectivity index (χ3n) is 6.92. The van der Waals surface area contributed by atoms with Crippen LogP contribution < -0.4 is 10.2 Å². The van der Waals surface area contributed by atoms with Gasteiger partial charge in [0.1, 0.15) is 11.5 Å². The molecule has 0 bridgehead atoms. The van der Waals surface area contributed by atoms with Crippen molar-refractivity contribution in [2.24, 2.45) is 0 Å². The van der Waals surface area contributed by atoms with E-state index in [-0.39, 0.29) is 30.7 Å². The Morgan fingerprint density at radius 1 is 1.19 bits per heavy atom. The van der Waals surface area contributed by atoms with E-state index >= 15 is 0 Å². The maximum Gasteiger partial charge on any atom is 0.257 e. The van der Waals surface area contributed by atoms with Gasteiger partial charge in [0.2, 0.25) is 11.8 Å². The van der Waals surface area contributed by atoms with Crippen LogP contribution in [0.3, 0.4) is 0 Å². The van der Waals surface area contributed by atoms with E-state index in [0.29, 0.717) is 36.0 Å². The highest BCUT2D eigenvalue weighted by molar-refractivity contribution is 6.10. The van der Waals surface area contributed by atoms with Crippen LogP contribution in [-0.2, 0) is 9.59 Å². The van der Waals surface area contributed by atoms with Gasteiger partial charge in [-0.2, -0.15) is 5.10 Å². The lowest BCUT2D eigenvalue weighted by Gasteiger charge is -2.48. The number of hydrogen-bond donors (Lipinski definition) is 1. The molecule has 8 heteroatoms. The first kappa shape index (κ1) is 19.8. The van der Waals surface area contributed by atoms with Gasteiger partial charge in [0, 0.05) is 25.5 Å². The summed E-state index contributed by atoms with van der Waals surface area (Å²) in [5.74, 6) is 0.423. The van der Waals surface area contributed by atoms with Crippen LogP contribution in [-0.4, -0.2) is 44.6 Å². The lowest BCUT2D eigenvalue weighted by molar-refractivity contribution is -0.117. The Morgan fingerprint density at radius 2 is 1.97 bits per heavy atom. The molecule has 1 unspecified atom stereocenters. The highest BCUT2D eigenvalue weighted by atomic mass is 16.2. The fourth-order valence-corrected chi connectivity index (χ4v) is 5.31. The molecule has 3 amide bonds. The summed E-state index contributed by atoms with van der Waals surface area (Å²) in [4.78, 5) is 42.1. The van der Waals surface area contributed by atoms with Gasteiger partial charge in [0.15, 0.2) is 0 Å². The summed E-state index contributed by atoms with van der Waals surface area (Å²) in [5, 5.41) is 7.36. The van der Waals surface area contributed by atoms with Crippen LogP contribution in [0.5, 0.6) is 0 Å². The van der Waals surface area contributed by atoms with Crippen molar-refractivity contribution in [3.63, 3.8) is 0 Å². The van der Waals surface area contributed by atoms with Gasteiger partial charge >= 0.3 is 0 Å². The Kier molecular flexibility index (Phi) is 4.79. The molecule has 1 aliphatic carbocycles. The molecule has 1 atom stereocenters. The minimum atomic E-state index is -0.742. The first-order chi connectivity index (χ1) is 15.0. The number of nitrogens with one attached hydrogen (secondary N) is 1. The molecule has 1 aromatic heterocycles. The molecular formula is C23H27N5O3. The number of benzene rings is 1. The van der Waals surface area contributed by atoms with Gasteiger partial charge in [-0.3, -0.25) is 19.3 Å². The largest absolute Gasteiger partial charge is 0.315 e. The van der Waals surface area contributed by atoms with Crippen molar-refractivity contribution in [1.29, 1.82) is 0 Å². The van der Waals surface area contributed by atoms with E-state index in [0.717, 1.165) is 12.8 Å². The molecule has 3 aliphatic rings. The summed E-state index contributed by atoms with van der Waals surface area (Å²) < 4.78 is 1.91. The fraction of sp³-hybridized carbons (Fsp3) is 0.478. The Bertz CT molecular complexity index is 1040. The number of amides is 3. The summed E-state index contributed by atoms with van der Waals surface area (Å²) in [5.41, 5.74) is 0.433. The fourth-order valence-electron chi connectivity index (χ4n) is 5.31. The zero-order valence-electron chi connectivity index (χ0n) is 17.7. The molecule has 0 spiro atoms. The minimum Gasteiger partial charge on any atom is -0.315 e. The van der Waals surface area contributed by atoms with Crippen LogP contribution in [0.4, 0.5) is 11.5 Å². The number of para-hydroxylation sites is 1. The van der Waals surface area contributed by atoms with Crippen LogP contribution in [0.25, 0.3) is 0 Å². The zero-order chi connectivity index (χ0) is 21.6. The molecule has 8 nitrogen and oxygen atoms in total. The van der Waals surface area contributed by atoms with E-state index in [4.69, 9.17) is 0 Å². The molecule has 1 N–H and O–H groups in total. The standard InChI is InChI=1S/C23H27N5O3/c1-23-13-10-21(30)27(23)18-9-5-4-8-17(18)22(31)26(23)15-12-20(29)25-19-11-14-24-28(19)16-6-2-3-7-16/h4-5,8-9,11,14,16H,2-3,6-7,10,12-13,15H2,1H3,(H,25,29). The van der Waals surface area contributed by atoms with Crippen LogP contribution in [0.1, 0.15) is 68.3 Å². The first-order valence-corrected chi connectivity index (χ1v) is 11.1. The second-order valence-electron chi connectivity index (χ2n) is 8.82. The maximum absolute atomic E-state index is 13.3. The zero-order valence-corrected chi connectivity index (χ0v) is 17.7. The van der Waals surface area contributed by atoms with E-state index in [1.165, 1.54) is 12.8 Å². The second-order valence-corrected chi connectivity index (χ2v) is 8.82. The summed E-state index contributed by atoms with van der Waals surface area (Å²) in [6.45, 7) is 2.16. The van der Waals surface area contributed by atoms with Crippen LogP contribution >= 0.6 is 0 Å². The molecule has 5 rings (SSSR count). The predicted octanol–water partition coefficient (Wildman–Crippen LogP) is 3.33. The quantitative estimate of drug-likeness (QED) is 0.802. The van der Waals surface area contributed by atoms with E-state index in [2.05, 4.69) is 10.4 Å². The van der Waals surface area contributed by atoms with Crippen molar-refractivity contribution in [3.05, 3.63) is 42.1 Å². The molecule has 1 saturated heterocycles. The number of nitrogens with zero attached hydrogens (tertiary/aromatic N) is 4. The third-order valence-corrected chi connectivity index (χ3v) is 6.92. The molecule has 3 heterocycles. The SMILES string of the molecule is CC12CCC(=O)N1c1ccccc1C(=O)N2CCC(=O)Nc1ccnn1C1CCCC1. The van der Waals surface area contributed by atoms with Crippen molar-refractivity contribution < 1.29 is 14.4 Å². The van der Waals surface area contributed by atoms with Gasteiger partial charge in [-0.25, -0.2) is 4.68 Å². The Labute approximate surface area is 181 Å². The molecular weight excluding hydrogens is 394 g/mol. The summed E-state index contributed by atoms with van der Waals surface area (Å²) >= 11 is 0. The Balaban J connectivity index is 1.32. The molecule has 2 aliphatic heterocycles. The number of carbonyl (C=O) groups excluding carboxylic acids is 3. The summed E-state index contributed by atoms with van der Waals surface area (Å²) in [6, 6.07) is 9.36. The van der Waals surface area contributed by atoms with Gasteiger partial charge in [0.25, 0.3) is 5.91 Å². The van der Waals surface area contributed by atoms with Crippen LogP contribution in [0.15, 0.2) is 36.5 Å². The Hall–Kier alpha value is -3.16. The molecule has 0 radical (unpaired) electrons. The topological polar surface area (TPSA) is 87.5 Å². The van der Waals surface area contributed by atoms with Gasteiger partial charge in [-0.15, -0.1) is 0 Å². The van der Waals surface area contributed by atoms with Gasteiger partial charge in [0.05, 0.1) is 23.5 Å². The van der Waals surface area contributed by atoms with Crippen molar-refractivity contribution in [2.75, 3.05) is 16.8 Å². The molecule has 162 valence electrons. The Morgan fingerprint density at radius 3 is 2.77 bits per heavy atom. The molecule has 2 fully saturated rings. The van der Waals surface area contributed by atoms with Crippen molar-refractivity contribution in [2.45, 2.75) is 63.6 Å². The van der Waals surface area contributed by atoms with Gasteiger partial charge in [-0.05, 0) is 38.3 Å². The van der Waals surface area contributed by atoms with Crippen molar-refractivity contribution in [3.8, 4) is 0 Å². The maximum atomic E-state index is 13.3. The van der Waals surface area contributed by atoms with Crippen LogP contribution in [0.2, 0.25) is 0 Å². The molecule has 31 heavy (non-hydrogen) atoms. The highest BCUT2D eigenvalue weighted by Gasteiger charge is 2.52. The normalized spacial score (nSPS) is 23.3. The van der Waals surface area contributed by atoms with E-state index in [9.17, 15) is 14.4 Å². The number of anilines is 2. The molecule has 1 aromatic carbocycles. The first-order valence-electron chi connectivity index (χ1n) is 11.1. The second kappa shape index (κ2) is 7.51. The number of carbonyl (C=O) groups is 3. The average molecular weight is 422 g/mol. The smallest absolute Gasteiger partial charge is 0.257 e. The highest BCUT2D eigenvalue weighted by Crippen LogP contribution is 2.44. The molecule has 2 aromatic rings. The minimum absolute atomic E-state index is 0.0115. The summed E-state index contributed by atoms with van der Waals surface area (Å²) in [7, 11) is 0. The molecule has 1 saturated carbocycles. The van der Waals surface area contributed by atoms with E-state index in [1.807, 2.05) is 29.8 Å². The van der Waals surface area contributed by atoms with E-state index in [1.54, 1.807) is 28.1 Å². The average Bonchev–Trinajstić information content (AvgIpc) is 3.49. The lowest BCUT2D eigenvalue weighted by atomic mass is 9.98. The third kappa shape index (κ3) is 3.21. The van der Waals surface area contributed by atoms with Gasteiger partial charge < -0.3 is 10.2 Å². The van der Waals surface area contributed by atoms with Crippen LogP contribution in [0, 0.1) is 0 Å². The van der Waals surface area contributed by atoms with Crippen molar-refractivity contribution in [1.82, 2.24) is 14.7 Å². The number of fused-ring (bicyclic) bond motifs is 3. The number of rotatable bonds is 5. The van der Waals surface area contributed by atoms with E-state index < -0.39 is 5.66 Å². The number of aromatic nitrogens is 2. The number of hydrogen-bond acceptors (Lipinski definition) is 4.